The zero-order valence-corrected chi connectivity index (χ0v) is 9.19. The lowest BCUT2D eigenvalue weighted by Crippen LogP contribution is -2.08. The van der Waals surface area contributed by atoms with Crippen LogP contribution in [0.1, 0.15) is 5.82 Å². The van der Waals surface area contributed by atoms with Gasteiger partial charge in [0.2, 0.25) is 0 Å². The van der Waals surface area contributed by atoms with Crippen molar-refractivity contribution in [3.63, 3.8) is 0 Å². The fourth-order valence-electron chi connectivity index (χ4n) is 1.49. The largest absolute Gasteiger partial charge is 0.497 e. The minimum atomic E-state index is 0.453. The average molecular weight is 221 g/mol. The highest BCUT2D eigenvalue weighted by Crippen LogP contribution is 2.18. The van der Waals surface area contributed by atoms with E-state index in [1.165, 1.54) is 0 Å². The van der Waals surface area contributed by atoms with Crippen LogP contribution >= 0.6 is 0 Å². The van der Waals surface area contributed by atoms with Crippen LogP contribution < -0.4 is 10.5 Å². The average Bonchev–Trinajstić information content (AvgIpc) is 2.70. The van der Waals surface area contributed by atoms with E-state index in [9.17, 15) is 0 Å². The lowest BCUT2D eigenvalue weighted by atomic mass is 10.3. The minimum Gasteiger partial charge on any atom is -0.497 e. The summed E-state index contributed by atoms with van der Waals surface area (Å²) in [6, 6.07) is 5.71. The van der Waals surface area contributed by atoms with Crippen LogP contribution in [0.3, 0.4) is 0 Å². The molecule has 5 heteroatoms. The van der Waals surface area contributed by atoms with Crippen molar-refractivity contribution in [3.05, 3.63) is 24.0 Å². The van der Waals surface area contributed by atoms with E-state index in [0.717, 1.165) is 22.6 Å². The Morgan fingerprint density at radius 2 is 2.31 bits per heavy atom. The molecule has 0 amide bonds. The number of fused-ring (bicyclic) bond motifs is 1. The van der Waals surface area contributed by atoms with Gasteiger partial charge in [0.1, 0.15) is 18.2 Å². The monoisotopic (exact) mass is 221 g/mol. The molecular weight excluding hydrogens is 206 g/mol. The molecule has 2 rings (SSSR count). The molecule has 0 radical (unpaired) electrons. The number of imidazole rings is 1. The number of hydrogen-bond donors (Lipinski definition) is 2. The highest BCUT2D eigenvalue weighted by atomic mass is 16.5. The van der Waals surface area contributed by atoms with Gasteiger partial charge in [-0.2, -0.15) is 0 Å². The number of rotatable bonds is 5. The van der Waals surface area contributed by atoms with Crippen molar-refractivity contribution in [2.75, 3.05) is 20.3 Å². The Labute approximate surface area is 93.6 Å². The third-order valence-electron chi connectivity index (χ3n) is 2.24. The first-order valence-corrected chi connectivity index (χ1v) is 5.14. The van der Waals surface area contributed by atoms with Crippen LogP contribution in [0, 0.1) is 0 Å². The molecule has 0 aliphatic rings. The SMILES string of the molecule is COc1ccc2nc(COCCN)[nH]c2c1. The number of aromatic amines is 1. The van der Waals surface area contributed by atoms with E-state index < -0.39 is 0 Å². The summed E-state index contributed by atoms with van der Waals surface area (Å²) in [4.78, 5) is 7.56. The second-order valence-corrected chi connectivity index (χ2v) is 3.41. The number of methoxy groups -OCH3 is 1. The van der Waals surface area contributed by atoms with Crippen molar-refractivity contribution < 1.29 is 9.47 Å². The van der Waals surface area contributed by atoms with Crippen molar-refractivity contribution in [1.82, 2.24) is 9.97 Å². The van der Waals surface area contributed by atoms with E-state index in [2.05, 4.69) is 9.97 Å². The molecule has 2 aromatic rings. The van der Waals surface area contributed by atoms with E-state index >= 15 is 0 Å². The van der Waals surface area contributed by atoms with Gasteiger partial charge >= 0.3 is 0 Å². The van der Waals surface area contributed by atoms with Crippen molar-refractivity contribution in [2.24, 2.45) is 5.73 Å². The molecule has 0 aliphatic carbocycles. The molecule has 3 N–H and O–H groups in total. The molecular formula is C11H15N3O2. The number of hydrogen-bond acceptors (Lipinski definition) is 4. The Morgan fingerprint density at radius 3 is 3.06 bits per heavy atom. The number of ether oxygens (including phenoxy) is 2. The van der Waals surface area contributed by atoms with Crippen molar-refractivity contribution in [2.45, 2.75) is 6.61 Å². The Morgan fingerprint density at radius 1 is 1.44 bits per heavy atom. The predicted molar refractivity (Wildman–Crippen MR) is 61.4 cm³/mol. The van der Waals surface area contributed by atoms with E-state index in [-0.39, 0.29) is 0 Å². The molecule has 1 heterocycles. The molecule has 0 fully saturated rings. The van der Waals surface area contributed by atoms with Crippen LogP contribution in [0.15, 0.2) is 18.2 Å². The van der Waals surface area contributed by atoms with E-state index in [4.69, 9.17) is 15.2 Å². The van der Waals surface area contributed by atoms with Gasteiger partial charge < -0.3 is 20.2 Å². The molecule has 86 valence electrons. The van der Waals surface area contributed by atoms with Crippen molar-refractivity contribution in [3.8, 4) is 5.75 Å². The number of aromatic nitrogens is 2. The first-order chi connectivity index (χ1) is 7.83. The van der Waals surface area contributed by atoms with Gasteiger partial charge in [-0.1, -0.05) is 0 Å². The summed E-state index contributed by atoms with van der Waals surface area (Å²) in [7, 11) is 1.64. The fraction of sp³-hybridized carbons (Fsp3) is 0.364. The standard InChI is InChI=1S/C11H15N3O2/c1-15-8-2-3-9-10(6-8)14-11(13-9)7-16-5-4-12/h2-3,6H,4-5,7,12H2,1H3,(H,13,14). The highest BCUT2D eigenvalue weighted by molar-refractivity contribution is 5.76. The number of benzene rings is 1. The Bertz CT molecular complexity index is 467. The predicted octanol–water partition coefficient (Wildman–Crippen LogP) is 1.05. The highest BCUT2D eigenvalue weighted by Gasteiger charge is 2.03. The molecule has 16 heavy (non-hydrogen) atoms. The first-order valence-electron chi connectivity index (χ1n) is 5.14. The van der Waals surface area contributed by atoms with Crippen LogP contribution in [0.25, 0.3) is 11.0 Å². The normalized spacial score (nSPS) is 10.9. The topological polar surface area (TPSA) is 73.2 Å². The lowest BCUT2D eigenvalue weighted by Gasteiger charge is -1.97. The Balaban J connectivity index is 2.16. The first kappa shape index (κ1) is 10.9. The van der Waals surface area contributed by atoms with Gasteiger partial charge in [-0.3, -0.25) is 0 Å². The minimum absolute atomic E-state index is 0.453. The molecule has 0 bridgehead atoms. The van der Waals surface area contributed by atoms with Gasteiger partial charge in [0.05, 0.1) is 24.8 Å². The number of nitrogens with two attached hydrogens (primary N) is 1. The van der Waals surface area contributed by atoms with E-state index in [1.54, 1.807) is 7.11 Å². The van der Waals surface area contributed by atoms with Crippen molar-refractivity contribution in [1.29, 1.82) is 0 Å². The van der Waals surface area contributed by atoms with E-state index in [0.29, 0.717) is 19.8 Å². The smallest absolute Gasteiger partial charge is 0.133 e. The molecule has 0 saturated heterocycles. The molecule has 0 unspecified atom stereocenters. The van der Waals surface area contributed by atoms with E-state index in [1.807, 2.05) is 18.2 Å². The Hall–Kier alpha value is -1.59. The molecule has 0 aliphatic heterocycles. The molecule has 0 atom stereocenters. The summed E-state index contributed by atoms with van der Waals surface area (Å²) >= 11 is 0. The van der Waals surface area contributed by atoms with Crippen LogP contribution in [0.4, 0.5) is 0 Å². The summed E-state index contributed by atoms with van der Waals surface area (Å²) in [5.41, 5.74) is 7.19. The van der Waals surface area contributed by atoms with Gasteiger partial charge in [-0.05, 0) is 12.1 Å². The van der Waals surface area contributed by atoms with Crippen molar-refractivity contribution >= 4 is 11.0 Å². The number of nitrogens with zero attached hydrogens (tertiary/aromatic N) is 1. The third-order valence-corrected chi connectivity index (χ3v) is 2.24. The van der Waals surface area contributed by atoms with Crippen LogP contribution in [-0.2, 0) is 11.3 Å². The maximum absolute atomic E-state index is 5.33. The number of nitrogens with one attached hydrogen (secondary N) is 1. The van der Waals surface area contributed by atoms with Gasteiger partial charge in [-0.25, -0.2) is 4.98 Å². The van der Waals surface area contributed by atoms with Gasteiger partial charge in [0.25, 0.3) is 0 Å². The third kappa shape index (κ3) is 2.32. The zero-order chi connectivity index (χ0) is 11.4. The molecule has 0 spiro atoms. The summed E-state index contributed by atoms with van der Waals surface area (Å²) in [6.07, 6.45) is 0. The lowest BCUT2D eigenvalue weighted by molar-refractivity contribution is 0.123. The van der Waals surface area contributed by atoms with Crippen LogP contribution in [0.2, 0.25) is 0 Å². The number of H-pyrrole nitrogens is 1. The summed E-state index contributed by atoms with van der Waals surface area (Å²) in [6.45, 7) is 1.52. The van der Waals surface area contributed by atoms with Gasteiger partial charge in [0, 0.05) is 12.6 Å². The molecule has 1 aromatic carbocycles. The maximum Gasteiger partial charge on any atom is 0.133 e. The zero-order valence-electron chi connectivity index (χ0n) is 9.19. The van der Waals surface area contributed by atoms with Crippen LogP contribution in [-0.4, -0.2) is 30.2 Å². The maximum atomic E-state index is 5.33. The fourth-order valence-corrected chi connectivity index (χ4v) is 1.49. The Kier molecular flexibility index (Phi) is 3.38. The second kappa shape index (κ2) is 4.96. The summed E-state index contributed by atoms with van der Waals surface area (Å²) < 4.78 is 10.4. The second-order valence-electron chi connectivity index (χ2n) is 3.41. The van der Waals surface area contributed by atoms with Gasteiger partial charge in [0.15, 0.2) is 0 Å². The molecule has 0 saturated carbocycles. The molecule has 1 aromatic heterocycles. The summed E-state index contributed by atoms with van der Waals surface area (Å²) in [5.74, 6) is 1.61. The molecule has 5 nitrogen and oxygen atoms in total. The van der Waals surface area contributed by atoms with Crippen LogP contribution in [0.5, 0.6) is 5.75 Å². The summed E-state index contributed by atoms with van der Waals surface area (Å²) in [5, 5.41) is 0. The van der Waals surface area contributed by atoms with Gasteiger partial charge in [-0.15, -0.1) is 0 Å². The quantitative estimate of drug-likeness (QED) is 0.740.